The van der Waals surface area contributed by atoms with E-state index in [1.54, 1.807) is 12.1 Å². The highest BCUT2D eigenvalue weighted by atomic mass is 79.9. The molecule has 5 heteroatoms. The molecule has 1 aromatic heterocycles. The van der Waals surface area contributed by atoms with Gasteiger partial charge in [-0.25, -0.2) is 4.98 Å². The van der Waals surface area contributed by atoms with Crippen LogP contribution in [-0.2, 0) is 6.54 Å². The zero-order valence-electron chi connectivity index (χ0n) is 8.75. The normalized spacial score (nSPS) is 10.3. The first kappa shape index (κ1) is 12.3. The van der Waals surface area contributed by atoms with Crippen LogP contribution in [0.4, 0.5) is 10.2 Å². The molecule has 17 heavy (non-hydrogen) atoms. The van der Waals surface area contributed by atoms with Crippen LogP contribution in [0.3, 0.4) is 0 Å². The lowest BCUT2D eigenvalue weighted by molar-refractivity contribution is 0.585. The summed E-state index contributed by atoms with van der Waals surface area (Å²) in [7, 11) is 0. The summed E-state index contributed by atoms with van der Waals surface area (Å²) in [6.07, 6.45) is 0. The number of nitrogens with one attached hydrogen (secondary N) is 1. The van der Waals surface area contributed by atoms with E-state index in [2.05, 4.69) is 26.2 Å². The topological polar surface area (TPSA) is 24.9 Å². The molecule has 2 nitrogen and oxygen atoms in total. The van der Waals surface area contributed by atoms with Gasteiger partial charge in [0.05, 0.1) is 0 Å². The van der Waals surface area contributed by atoms with Gasteiger partial charge in [-0.3, -0.25) is 0 Å². The average Bonchev–Trinajstić information content (AvgIpc) is 2.28. The Hall–Kier alpha value is -1.13. The predicted molar refractivity (Wildman–Crippen MR) is 70.7 cm³/mol. The molecule has 0 unspecified atom stereocenters. The minimum absolute atomic E-state index is 0.490. The molecule has 0 aliphatic carbocycles. The molecule has 0 saturated heterocycles. The second kappa shape index (κ2) is 5.47. The van der Waals surface area contributed by atoms with Crippen LogP contribution >= 0.6 is 27.5 Å². The maximum atomic E-state index is 12.8. The van der Waals surface area contributed by atoms with Gasteiger partial charge >= 0.3 is 0 Å². The van der Waals surface area contributed by atoms with Gasteiger partial charge in [-0.05, 0) is 29.8 Å². The number of pyridine rings is 1. The van der Waals surface area contributed by atoms with E-state index in [1.165, 1.54) is 6.07 Å². The van der Waals surface area contributed by atoms with Crippen molar-refractivity contribution in [3.05, 3.63) is 57.4 Å². The van der Waals surface area contributed by atoms with Crippen molar-refractivity contribution in [1.29, 1.82) is 0 Å². The number of nitrogens with zero attached hydrogens (tertiary/aromatic N) is 1. The minimum atomic E-state index is -0.503. The minimum Gasteiger partial charge on any atom is -0.366 e. The van der Waals surface area contributed by atoms with Gasteiger partial charge in [0, 0.05) is 16.0 Å². The number of hydrogen-bond donors (Lipinski definition) is 1. The lowest BCUT2D eigenvalue weighted by Crippen LogP contribution is -2.02. The van der Waals surface area contributed by atoms with Gasteiger partial charge in [0.2, 0.25) is 5.95 Å². The summed E-state index contributed by atoms with van der Waals surface area (Å²) < 4.78 is 13.8. The third-order valence-electron chi connectivity index (χ3n) is 2.19. The maximum Gasteiger partial charge on any atom is 0.214 e. The summed E-state index contributed by atoms with van der Waals surface area (Å²) in [5.41, 5.74) is 0.931. The Morgan fingerprint density at radius 3 is 2.82 bits per heavy atom. The predicted octanol–water partition coefficient (Wildman–Crippen LogP) is 4.25. The van der Waals surface area contributed by atoms with E-state index in [-0.39, 0.29) is 0 Å². The van der Waals surface area contributed by atoms with Gasteiger partial charge in [-0.15, -0.1) is 0 Å². The van der Waals surface area contributed by atoms with Crippen molar-refractivity contribution in [2.45, 2.75) is 6.54 Å². The molecule has 0 atom stereocenters. The SMILES string of the molecule is Fc1cccc(NCc2ccc(Br)cc2Cl)n1. The highest BCUT2D eigenvalue weighted by Gasteiger charge is 2.02. The summed E-state index contributed by atoms with van der Waals surface area (Å²) in [5.74, 6) is -0.0131. The highest BCUT2D eigenvalue weighted by molar-refractivity contribution is 9.10. The smallest absolute Gasteiger partial charge is 0.214 e. The Bertz CT molecular complexity index is 534. The number of halogens is 3. The first-order valence-corrected chi connectivity index (χ1v) is 6.12. The fraction of sp³-hybridized carbons (Fsp3) is 0.0833. The molecule has 0 amide bonds. The Morgan fingerprint density at radius 2 is 2.12 bits per heavy atom. The van der Waals surface area contributed by atoms with Crippen molar-refractivity contribution in [1.82, 2.24) is 4.98 Å². The van der Waals surface area contributed by atoms with Crippen LogP contribution in [0, 0.1) is 5.95 Å². The molecular weight excluding hydrogens is 307 g/mol. The molecule has 0 radical (unpaired) electrons. The molecule has 88 valence electrons. The summed E-state index contributed by atoms with van der Waals surface area (Å²) in [5, 5.41) is 3.67. The van der Waals surface area contributed by atoms with E-state index in [1.807, 2.05) is 18.2 Å². The van der Waals surface area contributed by atoms with Crippen LogP contribution in [0.5, 0.6) is 0 Å². The Labute approximate surface area is 112 Å². The van der Waals surface area contributed by atoms with Crippen molar-refractivity contribution in [3.63, 3.8) is 0 Å². The molecule has 0 bridgehead atoms. The van der Waals surface area contributed by atoms with Crippen molar-refractivity contribution in [3.8, 4) is 0 Å². The molecule has 0 aliphatic heterocycles. The van der Waals surface area contributed by atoms with Crippen molar-refractivity contribution < 1.29 is 4.39 Å². The number of aromatic nitrogens is 1. The Morgan fingerprint density at radius 1 is 1.29 bits per heavy atom. The van der Waals surface area contributed by atoms with Crippen LogP contribution in [0.15, 0.2) is 40.9 Å². The number of benzene rings is 1. The van der Waals surface area contributed by atoms with Gasteiger partial charge in [0.1, 0.15) is 5.82 Å². The number of rotatable bonds is 3. The van der Waals surface area contributed by atoms with E-state index in [0.717, 1.165) is 10.0 Å². The third-order valence-corrected chi connectivity index (χ3v) is 3.04. The third kappa shape index (κ3) is 3.41. The average molecular weight is 316 g/mol. The number of anilines is 1. The zero-order chi connectivity index (χ0) is 12.3. The standard InChI is InChI=1S/C12H9BrClFN2/c13-9-5-4-8(10(14)6-9)7-16-12-3-1-2-11(15)17-12/h1-6H,7H2,(H,16,17). The summed E-state index contributed by atoms with van der Waals surface area (Å²) in [4.78, 5) is 3.71. The van der Waals surface area contributed by atoms with Crippen LogP contribution < -0.4 is 5.32 Å². The summed E-state index contributed by atoms with van der Waals surface area (Å²) in [6, 6.07) is 10.2. The molecule has 1 heterocycles. The molecule has 0 aliphatic rings. The largest absolute Gasteiger partial charge is 0.366 e. The molecular formula is C12H9BrClFN2. The van der Waals surface area contributed by atoms with E-state index in [4.69, 9.17) is 11.6 Å². The monoisotopic (exact) mass is 314 g/mol. The lowest BCUT2D eigenvalue weighted by atomic mass is 10.2. The van der Waals surface area contributed by atoms with Gasteiger partial charge in [0.25, 0.3) is 0 Å². The maximum absolute atomic E-state index is 12.8. The zero-order valence-corrected chi connectivity index (χ0v) is 11.1. The molecule has 0 saturated carbocycles. The van der Waals surface area contributed by atoms with Crippen LogP contribution in [-0.4, -0.2) is 4.98 Å². The van der Waals surface area contributed by atoms with Crippen LogP contribution in [0.2, 0.25) is 5.02 Å². The summed E-state index contributed by atoms with van der Waals surface area (Å²) in [6.45, 7) is 0.503. The summed E-state index contributed by atoms with van der Waals surface area (Å²) >= 11 is 9.40. The molecule has 1 N–H and O–H groups in total. The first-order valence-electron chi connectivity index (χ1n) is 4.95. The second-order valence-corrected chi connectivity index (χ2v) is 4.76. The molecule has 0 fully saturated rings. The lowest BCUT2D eigenvalue weighted by Gasteiger charge is -2.07. The van der Waals surface area contributed by atoms with Crippen molar-refractivity contribution in [2.75, 3.05) is 5.32 Å². The quantitative estimate of drug-likeness (QED) is 0.857. The fourth-order valence-corrected chi connectivity index (χ4v) is 2.10. The van der Waals surface area contributed by atoms with Gasteiger partial charge in [-0.2, -0.15) is 4.39 Å². The second-order valence-electron chi connectivity index (χ2n) is 3.43. The number of hydrogen-bond acceptors (Lipinski definition) is 2. The van der Waals surface area contributed by atoms with Crippen LogP contribution in [0.25, 0.3) is 0 Å². The van der Waals surface area contributed by atoms with Gasteiger partial charge < -0.3 is 5.32 Å². The van der Waals surface area contributed by atoms with E-state index >= 15 is 0 Å². The van der Waals surface area contributed by atoms with Gasteiger partial charge in [0.15, 0.2) is 0 Å². The Kier molecular flexibility index (Phi) is 3.97. The van der Waals surface area contributed by atoms with Crippen molar-refractivity contribution >= 4 is 33.3 Å². The van der Waals surface area contributed by atoms with Gasteiger partial charge in [-0.1, -0.05) is 39.7 Å². The first-order chi connectivity index (χ1) is 8.15. The molecule has 1 aromatic carbocycles. The van der Waals surface area contributed by atoms with E-state index < -0.39 is 5.95 Å². The fourth-order valence-electron chi connectivity index (χ4n) is 1.36. The highest BCUT2D eigenvalue weighted by Crippen LogP contribution is 2.22. The molecule has 2 rings (SSSR count). The van der Waals surface area contributed by atoms with Crippen LogP contribution in [0.1, 0.15) is 5.56 Å². The molecule has 0 spiro atoms. The molecule has 2 aromatic rings. The van der Waals surface area contributed by atoms with E-state index in [9.17, 15) is 4.39 Å². The Balaban J connectivity index is 2.07. The van der Waals surface area contributed by atoms with Crippen molar-refractivity contribution in [2.24, 2.45) is 0 Å². The van der Waals surface area contributed by atoms with E-state index in [0.29, 0.717) is 17.4 Å².